The highest BCUT2D eigenvalue weighted by Crippen LogP contribution is 2.42. The first-order valence-corrected chi connectivity index (χ1v) is 7.58. The Hall–Kier alpha value is -1.62. The summed E-state index contributed by atoms with van der Waals surface area (Å²) in [5.74, 6) is -0.364. The Morgan fingerprint density at radius 1 is 1.38 bits per heavy atom. The number of nitrogens with one attached hydrogen (secondary N) is 1. The Balaban J connectivity index is 2.04. The predicted molar refractivity (Wildman–Crippen MR) is 79.6 cm³/mol. The number of hydrogen-bond donors (Lipinski definition) is 2. The predicted octanol–water partition coefficient (Wildman–Crippen LogP) is 1.75. The zero-order valence-corrected chi connectivity index (χ0v) is 12.9. The summed E-state index contributed by atoms with van der Waals surface area (Å²) in [5.41, 5.74) is 9.85. The van der Waals surface area contributed by atoms with Crippen molar-refractivity contribution in [3.05, 3.63) is 23.0 Å². The molecule has 0 radical (unpaired) electrons. The van der Waals surface area contributed by atoms with E-state index < -0.39 is 0 Å². The number of aromatic nitrogens is 1. The summed E-state index contributed by atoms with van der Waals surface area (Å²) in [4.78, 5) is 23.6. The summed E-state index contributed by atoms with van der Waals surface area (Å²) in [6, 6.07) is 1.85. The number of amides is 2. The van der Waals surface area contributed by atoms with Gasteiger partial charge in [-0.15, -0.1) is 0 Å². The molecule has 2 heterocycles. The molecule has 2 atom stereocenters. The van der Waals surface area contributed by atoms with Gasteiger partial charge in [0, 0.05) is 23.9 Å². The fourth-order valence-corrected chi connectivity index (χ4v) is 3.83. The van der Waals surface area contributed by atoms with E-state index in [1.54, 1.807) is 0 Å². The van der Waals surface area contributed by atoms with Crippen LogP contribution < -0.4 is 11.1 Å². The van der Waals surface area contributed by atoms with Gasteiger partial charge in [0.05, 0.1) is 0 Å². The number of hydrogen-bond acceptors (Lipinski definition) is 3. The van der Waals surface area contributed by atoms with Gasteiger partial charge in [0.2, 0.25) is 11.8 Å². The van der Waals surface area contributed by atoms with Crippen LogP contribution in [0.15, 0.2) is 6.07 Å². The topological polar surface area (TPSA) is 77.1 Å². The van der Waals surface area contributed by atoms with E-state index in [2.05, 4.69) is 29.8 Å². The first-order valence-electron chi connectivity index (χ1n) is 7.58. The summed E-state index contributed by atoms with van der Waals surface area (Å²) < 4.78 is 2.11. The number of nitrogens with zero attached hydrogens (tertiary/aromatic N) is 1. The fraction of sp³-hybridized carbons (Fsp3) is 0.625. The molecule has 1 aliphatic heterocycles. The third kappa shape index (κ3) is 2.39. The first kappa shape index (κ1) is 14.3. The molecule has 2 unspecified atom stereocenters. The molecule has 0 saturated carbocycles. The fourth-order valence-electron chi connectivity index (χ4n) is 3.83. The maximum atomic E-state index is 12.2. The van der Waals surface area contributed by atoms with Crippen molar-refractivity contribution in [2.75, 3.05) is 0 Å². The third-order valence-electron chi connectivity index (χ3n) is 4.71. The van der Waals surface area contributed by atoms with Crippen LogP contribution in [-0.2, 0) is 16.0 Å². The quantitative estimate of drug-likeness (QED) is 0.773. The van der Waals surface area contributed by atoms with Gasteiger partial charge in [-0.05, 0) is 43.2 Å². The SMILES string of the molecule is Cc1cc2c(n1C1CCC(=O)NC1=O)CC(C)(C)CC2N. The van der Waals surface area contributed by atoms with Crippen molar-refractivity contribution in [1.29, 1.82) is 0 Å². The second kappa shape index (κ2) is 4.70. The molecule has 0 aromatic carbocycles. The minimum absolute atomic E-state index is 0.0250. The third-order valence-corrected chi connectivity index (χ3v) is 4.71. The van der Waals surface area contributed by atoms with Crippen LogP contribution in [0, 0.1) is 12.3 Å². The van der Waals surface area contributed by atoms with E-state index in [1.165, 1.54) is 5.69 Å². The Labute approximate surface area is 124 Å². The normalized spacial score (nSPS) is 28.2. The molecule has 2 aliphatic rings. The summed E-state index contributed by atoms with van der Waals surface area (Å²) in [6.45, 7) is 6.45. The molecule has 21 heavy (non-hydrogen) atoms. The zero-order valence-electron chi connectivity index (χ0n) is 12.9. The number of carbonyl (C=O) groups excluding carboxylic acids is 2. The van der Waals surface area contributed by atoms with Crippen LogP contribution >= 0.6 is 0 Å². The maximum absolute atomic E-state index is 12.2. The summed E-state index contributed by atoms with van der Waals surface area (Å²) in [6.07, 6.45) is 2.85. The smallest absolute Gasteiger partial charge is 0.249 e. The van der Waals surface area contributed by atoms with E-state index in [0.29, 0.717) is 12.8 Å². The van der Waals surface area contributed by atoms with Crippen LogP contribution in [0.3, 0.4) is 0 Å². The maximum Gasteiger partial charge on any atom is 0.249 e. The largest absolute Gasteiger partial charge is 0.336 e. The molecule has 114 valence electrons. The number of rotatable bonds is 1. The Kier molecular flexibility index (Phi) is 3.20. The monoisotopic (exact) mass is 289 g/mol. The molecule has 1 saturated heterocycles. The van der Waals surface area contributed by atoms with Crippen LogP contribution in [0.2, 0.25) is 0 Å². The zero-order chi connectivity index (χ0) is 15.4. The van der Waals surface area contributed by atoms with Crippen molar-refractivity contribution >= 4 is 11.8 Å². The lowest BCUT2D eigenvalue weighted by Crippen LogP contribution is -2.43. The molecular weight excluding hydrogens is 266 g/mol. The van der Waals surface area contributed by atoms with E-state index in [4.69, 9.17) is 5.73 Å². The number of aryl methyl sites for hydroxylation is 1. The minimum atomic E-state index is -0.285. The summed E-state index contributed by atoms with van der Waals surface area (Å²) in [5, 5.41) is 2.45. The van der Waals surface area contributed by atoms with Gasteiger partial charge in [-0.1, -0.05) is 13.8 Å². The number of fused-ring (bicyclic) bond motifs is 1. The molecule has 5 heteroatoms. The molecule has 3 rings (SSSR count). The number of nitrogens with two attached hydrogens (primary N) is 1. The van der Waals surface area contributed by atoms with Gasteiger partial charge in [-0.2, -0.15) is 0 Å². The second-order valence-electron chi connectivity index (χ2n) is 7.18. The Morgan fingerprint density at radius 2 is 2.10 bits per heavy atom. The summed E-state index contributed by atoms with van der Waals surface area (Å²) >= 11 is 0. The van der Waals surface area contributed by atoms with Gasteiger partial charge >= 0.3 is 0 Å². The Bertz CT molecular complexity index is 615. The van der Waals surface area contributed by atoms with Gasteiger partial charge in [0.1, 0.15) is 6.04 Å². The van der Waals surface area contributed by atoms with Crippen molar-refractivity contribution in [3.8, 4) is 0 Å². The van der Waals surface area contributed by atoms with Crippen molar-refractivity contribution < 1.29 is 9.59 Å². The first-order chi connectivity index (χ1) is 9.78. The Morgan fingerprint density at radius 3 is 2.76 bits per heavy atom. The molecule has 1 aromatic rings. The highest BCUT2D eigenvalue weighted by atomic mass is 16.2. The second-order valence-corrected chi connectivity index (χ2v) is 7.18. The van der Waals surface area contributed by atoms with Gasteiger partial charge in [-0.25, -0.2) is 0 Å². The van der Waals surface area contributed by atoms with Crippen molar-refractivity contribution in [3.63, 3.8) is 0 Å². The molecule has 0 bridgehead atoms. The molecule has 1 fully saturated rings. The molecule has 3 N–H and O–H groups in total. The molecule has 1 aliphatic carbocycles. The van der Waals surface area contributed by atoms with Crippen LogP contribution in [0.5, 0.6) is 0 Å². The average molecular weight is 289 g/mol. The van der Waals surface area contributed by atoms with Crippen LogP contribution in [0.25, 0.3) is 0 Å². The van der Waals surface area contributed by atoms with Crippen molar-refractivity contribution in [2.45, 2.75) is 58.5 Å². The van der Waals surface area contributed by atoms with E-state index >= 15 is 0 Å². The molecular formula is C16H23N3O2. The van der Waals surface area contributed by atoms with E-state index in [0.717, 1.165) is 24.1 Å². The highest BCUT2D eigenvalue weighted by Gasteiger charge is 2.37. The molecule has 2 amide bonds. The van der Waals surface area contributed by atoms with E-state index in [-0.39, 0.29) is 29.3 Å². The van der Waals surface area contributed by atoms with Gasteiger partial charge in [-0.3, -0.25) is 14.9 Å². The van der Waals surface area contributed by atoms with Crippen LogP contribution in [-0.4, -0.2) is 16.4 Å². The van der Waals surface area contributed by atoms with Crippen molar-refractivity contribution in [1.82, 2.24) is 9.88 Å². The highest BCUT2D eigenvalue weighted by molar-refractivity contribution is 5.99. The summed E-state index contributed by atoms with van der Waals surface area (Å²) in [7, 11) is 0. The number of carbonyl (C=O) groups is 2. The minimum Gasteiger partial charge on any atom is -0.336 e. The standard InChI is InChI=1S/C16H23N3O2/c1-9-6-10-11(17)7-16(2,3)8-13(10)19(9)12-4-5-14(20)18-15(12)21/h6,11-12H,4-5,7-8,17H2,1-3H3,(H,18,20,21). The van der Waals surface area contributed by atoms with Crippen LogP contribution in [0.1, 0.15) is 62.1 Å². The lowest BCUT2D eigenvalue weighted by molar-refractivity contribution is -0.135. The molecule has 0 spiro atoms. The van der Waals surface area contributed by atoms with Gasteiger partial charge in [0.15, 0.2) is 0 Å². The molecule has 5 nitrogen and oxygen atoms in total. The van der Waals surface area contributed by atoms with Gasteiger partial charge in [0.25, 0.3) is 0 Å². The average Bonchev–Trinajstić information content (AvgIpc) is 2.65. The van der Waals surface area contributed by atoms with Crippen molar-refractivity contribution in [2.24, 2.45) is 11.1 Å². The van der Waals surface area contributed by atoms with E-state index in [9.17, 15) is 9.59 Å². The van der Waals surface area contributed by atoms with Gasteiger partial charge < -0.3 is 10.3 Å². The lowest BCUT2D eigenvalue weighted by Gasteiger charge is -2.36. The van der Waals surface area contributed by atoms with E-state index in [1.807, 2.05) is 6.92 Å². The van der Waals surface area contributed by atoms with Crippen LogP contribution in [0.4, 0.5) is 0 Å². The number of imide groups is 1. The lowest BCUT2D eigenvalue weighted by atomic mass is 9.74. The molecule has 1 aromatic heterocycles. The number of piperidine rings is 1.